The fourth-order valence-corrected chi connectivity index (χ4v) is 4.23. The van der Waals surface area contributed by atoms with Gasteiger partial charge in [0.1, 0.15) is 11.6 Å². The molecule has 9 heteroatoms. The summed E-state index contributed by atoms with van der Waals surface area (Å²) in [5, 5.41) is 6.99. The molecule has 0 amide bonds. The van der Waals surface area contributed by atoms with Gasteiger partial charge < -0.3 is 29.9 Å². The van der Waals surface area contributed by atoms with Crippen LogP contribution in [0.3, 0.4) is 0 Å². The molecule has 1 aromatic rings. The summed E-state index contributed by atoms with van der Waals surface area (Å²) < 4.78 is 11.2. The van der Waals surface area contributed by atoms with Gasteiger partial charge in [0.15, 0.2) is 5.11 Å². The predicted molar refractivity (Wildman–Crippen MR) is 119 cm³/mol. The van der Waals surface area contributed by atoms with Crippen LogP contribution in [0, 0.1) is 0 Å². The number of hydrogen-bond acceptors (Lipinski definition) is 7. The Bertz CT molecular complexity index is 671. The summed E-state index contributed by atoms with van der Waals surface area (Å²) >= 11 is 5.49. The molecule has 4 rings (SSSR count). The van der Waals surface area contributed by atoms with Crippen molar-refractivity contribution in [3.63, 3.8) is 0 Å². The zero-order chi connectivity index (χ0) is 19.9. The van der Waals surface area contributed by atoms with Crippen LogP contribution in [-0.4, -0.2) is 73.7 Å². The number of nitrogens with one attached hydrogen (secondary N) is 2. The predicted octanol–water partition coefficient (Wildman–Crippen LogP) is 2.16. The van der Waals surface area contributed by atoms with Crippen molar-refractivity contribution in [2.24, 2.45) is 0 Å². The van der Waals surface area contributed by atoms with Crippen LogP contribution in [0.2, 0.25) is 0 Å². The lowest BCUT2D eigenvalue weighted by Crippen LogP contribution is -2.38. The number of rotatable bonds is 5. The average molecular weight is 421 g/mol. The molecule has 3 saturated heterocycles. The first-order valence-corrected chi connectivity index (χ1v) is 11.3. The number of anilines is 3. The van der Waals surface area contributed by atoms with Crippen molar-refractivity contribution >= 4 is 34.9 Å². The van der Waals surface area contributed by atoms with Gasteiger partial charge in [0, 0.05) is 45.4 Å². The number of ether oxygens (including phenoxy) is 2. The lowest BCUT2D eigenvalue weighted by atomic mass is 10.2. The molecule has 0 bridgehead atoms. The van der Waals surface area contributed by atoms with Crippen molar-refractivity contribution in [1.82, 2.24) is 15.3 Å². The first kappa shape index (κ1) is 20.6. The van der Waals surface area contributed by atoms with Crippen LogP contribution in [0.15, 0.2) is 6.07 Å². The molecule has 0 radical (unpaired) electrons. The Morgan fingerprint density at radius 1 is 0.966 bits per heavy atom. The van der Waals surface area contributed by atoms with Crippen LogP contribution in [-0.2, 0) is 9.47 Å². The van der Waals surface area contributed by atoms with Crippen LogP contribution in [0.1, 0.15) is 38.5 Å². The quantitative estimate of drug-likeness (QED) is 0.697. The second kappa shape index (κ2) is 10.4. The van der Waals surface area contributed by atoms with E-state index in [0.717, 1.165) is 70.5 Å². The van der Waals surface area contributed by atoms with Gasteiger partial charge in [0.05, 0.1) is 19.3 Å². The van der Waals surface area contributed by atoms with E-state index in [2.05, 4.69) is 26.5 Å². The van der Waals surface area contributed by atoms with Gasteiger partial charge in [0.2, 0.25) is 5.95 Å². The van der Waals surface area contributed by atoms with Gasteiger partial charge in [-0.15, -0.1) is 0 Å². The number of hydrogen-bond donors (Lipinski definition) is 2. The summed E-state index contributed by atoms with van der Waals surface area (Å²) in [6, 6.07) is 2.12. The monoisotopic (exact) mass is 420 g/mol. The molecular formula is C20H32N6O2S. The Morgan fingerprint density at radius 2 is 1.66 bits per heavy atom. The Hall–Kier alpha value is -1.71. The van der Waals surface area contributed by atoms with E-state index in [1.54, 1.807) is 0 Å². The molecule has 8 nitrogen and oxygen atoms in total. The summed E-state index contributed by atoms with van der Waals surface area (Å²) in [5.41, 5.74) is 0. The van der Waals surface area contributed by atoms with Crippen LogP contribution >= 0.6 is 12.2 Å². The maximum Gasteiger partial charge on any atom is 0.232 e. The highest BCUT2D eigenvalue weighted by Gasteiger charge is 2.20. The second-order valence-corrected chi connectivity index (χ2v) is 8.29. The molecule has 3 aliphatic heterocycles. The van der Waals surface area contributed by atoms with Crippen molar-refractivity contribution in [2.45, 2.75) is 44.6 Å². The molecule has 1 atom stereocenters. The van der Waals surface area contributed by atoms with Crippen molar-refractivity contribution in [3.8, 4) is 0 Å². The molecule has 160 valence electrons. The Morgan fingerprint density at radius 3 is 2.31 bits per heavy atom. The summed E-state index contributed by atoms with van der Waals surface area (Å²) in [5.74, 6) is 2.47. The molecule has 1 aromatic heterocycles. The van der Waals surface area contributed by atoms with Crippen molar-refractivity contribution in [1.29, 1.82) is 0 Å². The van der Waals surface area contributed by atoms with E-state index in [0.29, 0.717) is 17.6 Å². The largest absolute Gasteiger partial charge is 0.378 e. The fraction of sp³-hybridized carbons (Fsp3) is 0.750. The smallest absolute Gasteiger partial charge is 0.232 e. The molecule has 0 aromatic carbocycles. The van der Waals surface area contributed by atoms with E-state index in [1.165, 1.54) is 25.7 Å². The van der Waals surface area contributed by atoms with Crippen molar-refractivity contribution in [2.75, 3.05) is 67.7 Å². The van der Waals surface area contributed by atoms with E-state index in [1.807, 2.05) is 0 Å². The summed E-state index contributed by atoms with van der Waals surface area (Å²) in [4.78, 5) is 14.2. The third-order valence-corrected chi connectivity index (χ3v) is 5.95. The molecule has 0 spiro atoms. The molecule has 4 heterocycles. The Balaban J connectivity index is 1.47. The summed E-state index contributed by atoms with van der Waals surface area (Å²) in [6.07, 6.45) is 7.44. The lowest BCUT2D eigenvalue weighted by Gasteiger charge is -2.29. The highest BCUT2D eigenvalue weighted by Crippen LogP contribution is 2.24. The van der Waals surface area contributed by atoms with E-state index in [9.17, 15) is 0 Å². The van der Waals surface area contributed by atoms with Crippen LogP contribution < -0.4 is 20.4 Å². The molecule has 2 N–H and O–H groups in total. The van der Waals surface area contributed by atoms with Crippen LogP contribution in [0.4, 0.5) is 17.6 Å². The standard InChI is InChI=1S/C20H32N6O2S/c29-20(21-15-16-6-5-11-28-16)24-19-22-17(25-7-3-1-2-4-8-25)14-18(23-19)26-9-12-27-13-10-26/h14,16H,1-13,15H2,(H2,21,22,23,24,29)/t16-/m0/s1. The first-order valence-electron chi connectivity index (χ1n) is 10.9. The SMILES string of the molecule is S=C(NC[C@@H]1CCCO1)Nc1nc(N2CCCCCC2)cc(N2CCOCC2)n1. The highest BCUT2D eigenvalue weighted by atomic mass is 32.1. The minimum absolute atomic E-state index is 0.239. The average Bonchev–Trinajstić information content (AvgIpc) is 3.13. The van der Waals surface area contributed by atoms with Gasteiger partial charge in [-0.1, -0.05) is 12.8 Å². The minimum atomic E-state index is 0.239. The third kappa shape index (κ3) is 5.90. The second-order valence-electron chi connectivity index (χ2n) is 7.88. The molecule has 0 aliphatic carbocycles. The molecule has 3 aliphatic rings. The van der Waals surface area contributed by atoms with Gasteiger partial charge in [-0.05, 0) is 37.9 Å². The summed E-state index contributed by atoms with van der Waals surface area (Å²) in [6.45, 7) is 6.79. The van der Waals surface area contributed by atoms with Gasteiger partial charge in [-0.25, -0.2) is 0 Å². The molecular weight excluding hydrogens is 388 g/mol. The van der Waals surface area contributed by atoms with Crippen molar-refractivity contribution in [3.05, 3.63) is 6.07 Å². The van der Waals surface area contributed by atoms with Gasteiger partial charge in [-0.2, -0.15) is 9.97 Å². The van der Waals surface area contributed by atoms with Gasteiger partial charge in [0.25, 0.3) is 0 Å². The van der Waals surface area contributed by atoms with Gasteiger partial charge in [-0.3, -0.25) is 0 Å². The van der Waals surface area contributed by atoms with Crippen molar-refractivity contribution < 1.29 is 9.47 Å². The topological polar surface area (TPSA) is 74.8 Å². The minimum Gasteiger partial charge on any atom is -0.378 e. The van der Waals surface area contributed by atoms with E-state index < -0.39 is 0 Å². The fourth-order valence-electron chi connectivity index (χ4n) is 4.05. The Kier molecular flexibility index (Phi) is 7.34. The zero-order valence-corrected chi connectivity index (χ0v) is 17.9. The number of nitrogens with zero attached hydrogens (tertiary/aromatic N) is 4. The first-order chi connectivity index (χ1) is 14.3. The maximum atomic E-state index is 5.66. The third-order valence-electron chi connectivity index (χ3n) is 5.70. The number of thiocarbonyl (C=S) groups is 1. The maximum absolute atomic E-state index is 5.66. The molecule has 0 unspecified atom stereocenters. The zero-order valence-electron chi connectivity index (χ0n) is 17.1. The van der Waals surface area contributed by atoms with Crippen LogP contribution in [0.25, 0.3) is 0 Å². The summed E-state index contributed by atoms with van der Waals surface area (Å²) in [7, 11) is 0. The van der Waals surface area contributed by atoms with E-state index in [-0.39, 0.29) is 6.10 Å². The van der Waals surface area contributed by atoms with Gasteiger partial charge >= 0.3 is 0 Å². The molecule has 3 fully saturated rings. The molecule has 0 saturated carbocycles. The number of aromatic nitrogens is 2. The Labute approximate surface area is 178 Å². The van der Waals surface area contributed by atoms with Crippen LogP contribution in [0.5, 0.6) is 0 Å². The highest BCUT2D eigenvalue weighted by molar-refractivity contribution is 7.80. The lowest BCUT2D eigenvalue weighted by molar-refractivity contribution is 0.114. The van der Waals surface area contributed by atoms with E-state index >= 15 is 0 Å². The normalized spacial score (nSPS) is 23.0. The van der Waals surface area contributed by atoms with E-state index in [4.69, 9.17) is 31.7 Å². The molecule has 29 heavy (non-hydrogen) atoms. The number of morpholine rings is 1.